The average Bonchev–Trinajstić information content (AvgIpc) is 3.52. The molecule has 12 atom stereocenters. The zero-order chi connectivity index (χ0) is 46.5. The predicted octanol–water partition coefficient (Wildman–Crippen LogP) is 6.54. The molecule has 4 aliphatic carbocycles. The summed E-state index contributed by atoms with van der Waals surface area (Å²) in [5.41, 5.74) is 9.03. The van der Waals surface area contributed by atoms with Gasteiger partial charge in [-0.15, -0.1) is 0 Å². The lowest BCUT2D eigenvalue weighted by Gasteiger charge is -2.50. The minimum Gasteiger partial charge on any atom is -0.508 e. The maximum absolute atomic E-state index is 14.2. The number of phenols is 1. The van der Waals surface area contributed by atoms with Crippen LogP contribution in [0.3, 0.4) is 0 Å². The number of carbonyl (C=O) groups excluding carboxylic acids is 4. The van der Waals surface area contributed by atoms with E-state index >= 15 is 0 Å². The average molecular weight is 884 g/mol. The Balaban J connectivity index is 1.15. The number of methoxy groups -OCH3 is 2. The van der Waals surface area contributed by atoms with Crippen LogP contribution in [0.1, 0.15) is 103 Å². The molecule has 1 aliphatic heterocycles. The third-order valence-corrected chi connectivity index (χ3v) is 14.9. The first-order valence-corrected chi connectivity index (χ1v) is 22.9. The molecule has 1 heterocycles. The molecule has 2 fully saturated rings. The lowest BCUT2D eigenvalue weighted by atomic mass is 9.55. The third-order valence-electron chi connectivity index (χ3n) is 14.9. The van der Waals surface area contributed by atoms with Crippen molar-refractivity contribution in [2.75, 3.05) is 20.8 Å². The molecule has 2 bridgehead atoms. The monoisotopic (exact) mass is 883 g/mol. The van der Waals surface area contributed by atoms with Gasteiger partial charge >= 0.3 is 6.09 Å². The van der Waals surface area contributed by atoms with Gasteiger partial charge in [0.25, 0.3) is 5.91 Å². The summed E-state index contributed by atoms with van der Waals surface area (Å²) in [6.45, 7) is 9.61. The van der Waals surface area contributed by atoms with Crippen molar-refractivity contribution >= 4 is 23.6 Å². The standard InChI is InChI=1S/C51H69N3O10/c1-28-22-38-44(53-21-10-8-9-13-33-26-39-37-17-15-32-25-34(55)16-18-35(32)36(37)19-20-51(39,5)48(33)59)41(56)27-40(46(38)58)54-49(60)29(2)12-11-14-42(62-6)47(64-50(52)61)31(4)24-30(3)45(57)43(23-28)63-7/h8,10-12,14,16,18,24-25,27-28,30,33,36-37,39,42-43,45,47-48,53,55,57,59H,9,13,15,17,19-23,26H2,1-7H3,(H2,52,61)(H,54,60)/b10-8+,14-11-,29-12+,31-24+/t28-,30+,33-,36?,37?,39?,42+,43+,45-,47+,48+,51+/m1/s1. The van der Waals surface area contributed by atoms with Crippen LogP contribution >= 0.6 is 0 Å². The second-order valence-electron chi connectivity index (χ2n) is 19.1. The Labute approximate surface area is 377 Å². The predicted molar refractivity (Wildman–Crippen MR) is 244 cm³/mol. The number of aromatic hydroxyl groups is 1. The number of benzene rings is 1. The SMILES string of the molecule is CO[C@H]1/C=C\C=C(/C)C(=O)NC2=CC(=O)C(NC/C=C/CC[C@@H]3CC4C5CCc6cc(O)ccc6C5CC[C@]4(C)[C@H]3O)=C(C[C@@H](C)C[C@H](OC)[C@H](O)[C@@H](C)/C=C(\C)[C@@H]1OC(N)=O)C2=O. The number of rotatable bonds is 9. The van der Waals surface area contributed by atoms with Crippen molar-refractivity contribution in [1.29, 1.82) is 0 Å². The minimum atomic E-state index is -1.01. The number of nitrogens with one attached hydrogen (secondary N) is 2. The first kappa shape index (κ1) is 48.6. The van der Waals surface area contributed by atoms with Crippen molar-refractivity contribution in [3.05, 3.63) is 100.0 Å². The van der Waals surface area contributed by atoms with Crippen LogP contribution in [-0.2, 0) is 35.0 Å². The summed E-state index contributed by atoms with van der Waals surface area (Å²) in [4.78, 5) is 53.2. The number of Topliss-reactive ketones (excluding diaryl/α,β-unsaturated/α-hetero) is 1. The summed E-state index contributed by atoms with van der Waals surface area (Å²) >= 11 is 0. The Kier molecular flexibility index (Phi) is 16.0. The number of carbonyl (C=O) groups is 4. The number of ketones is 2. The number of aliphatic hydroxyl groups is 2. The fourth-order valence-corrected chi connectivity index (χ4v) is 11.4. The summed E-state index contributed by atoms with van der Waals surface area (Å²) in [6.07, 6.45) is 14.0. The van der Waals surface area contributed by atoms with Crippen molar-refractivity contribution in [3.8, 4) is 5.75 Å². The van der Waals surface area contributed by atoms with Gasteiger partial charge in [0.2, 0.25) is 11.6 Å². The number of hydrogen-bond acceptors (Lipinski definition) is 11. The molecule has 7 N–H and O–H groups in total. The molecule has 13 nitrogen and oxygen atoms in total. The van der Waals surface area contributed by atoms with Crippen LogP contribution in [0.5, 0.6) is 5.75 Å². The quantitative estimate of drug-likeness (QED) is 0.116. The number of ether oxygens (including phenoxy) is 3. The van der Waals surface area contributed by atoms with Gasteiger partial charge < -0.3 is 45.9 Å². The Morgan fingerprint density at radius 1 is 1.06 bits per heavy atom. The van der Waals surface area contributed by atoms with Crippen LogP contribution in [0.25, 0.3) is 0 Å². The van der Waals surface area contributed by atoms with Gasteiger partial charge in [0.05, 0.1) is 29.7 Å². The van der Waals surface area contributed by atoms with Crippen LogP contribution in [-0.4, -0.2) is 90.2 Å². The lowest BCUT2D eigenvalue weighted by molar-refractivity contribution is -0.120. The van der Waals surface area contributed by atoms with E-state index in [0.717, 1.165) is 51.0 Å². The number of amides is 2. The number of allylic oxidation sites excluding steroid dienone is 5. The Morgan fingerprint density at radius 3 is 2.55 bits per heavy atom. The minimum absolute atomic E-state index is 0.111. The zero-order valence-corrected chi connectivity index (χ0v) is 38.5. The van der Waals surface area contributed by atoms with Crippen LogP contribution < -0.4 is 16.4 Å². The van der Waals surface area contributed by atoms with Crippen LogP contribution in [0.4, 0.5) is 4.79 Å². The summed E-state index contributed by atoms with van der Waals surface area (Å²) in [6, 6.07) is 5.85. The molecular weight excluding hydrogens is 815 g/mol. The van der Waals surface area contributed by atoms with E-state index < -0.39 is 53.9 Å². The molecule has 3 unspecified atom stereocenters. The molecule has 13 heteroatoms. The number of aliphatic hydroxyl groups excluding tert-OH is 2. The highest BCUT2D eigenvalue weighted by atomic mass is 16.6. The van der Waals surface area contributed by atoms with Crippen molar-refractivity contribution in [3.63, 3.8) is 0 Å². The smallest absolute Gasteiger partial charge is 0.405 e. The number of primary amides is 1. The molecule has 0 saturated heterocycles. The zero-order valence-electron chi connectivity index (χ0n) is 38.5. The fraction of sp³-hybridized carbons (Fsp3) is 0.569. The van der Waals surface area contributed by atoms with Crippen molar-refractivity contribution in [2.24, 2.45) is 40.7 Å². The van der Waals surface area contributed by atoms with E-state index in [9.17, 15) is 34.5 Å². The first-order valence-electron chi connectivity index (χ1n) is 22.9. The Hall–Kier alpha value is -4.82. The fourth-order valence-electron chi connectivity index (χ4n) is 11.4. The highest BCUT2D eigenvalue weighted by Crippen LogP contribution is 2.63. The van der Waals surface area contributed by atoms with E-state index in [1.807, 2.05) is 32.1 Å². The van der Waals surface area contributed by atoms with E-state index in [4.69, 9.17) is 19.9 Å². The van der Waals surface area contributed by atoms with E-state index in [2.05, 4.69) is 29.7 Å². The number of phenolic OH excluding ortho intramolecular Hbond substituents is 1. The Morgan fingerprint density at radius 2 is 1.83 bits per heavy atom. The molecule has 1 aromatic carbocycles. The third kappa shape index (κ3) is 10.6. The summed E-state index contributed by atoms with van der Waals surface area (Å²) in [7, 11) is 2.94. The molecule has 0 spiro atoms. The molecule has 1 aromatic rings. The molecular formula is C51H69N3O10. The van der Waals surface area contributed by atoms with E-state index in [1.165, 1.54) is 31.4 Å². The number of aryl methyl sites for hydroxylation is 1. The van der Waals surface area contributed by atoms with Gasteiger partial charge in [-0.1, -0.05) is 63.3 Å². The normalized spacial score (nSPS) is 36.1. The van der Waals surface area contributed by atoms with Gasteiger partial charge in [0.15, 0.2) is 6.10 Å². The lowest BCUT2D eigenvalue weighted by Crippen LogP contribution is -2.44. The summed E-state index contributed by atoms with van der Waals surface area (Å²) in [5, 5.41) is 39.2. The van der Waals surface area contributed by atoms with Crippen molar-refractivity contribution in [1.82, 2.24) is 10.6 Å². The maximum atomic E-state index is 14.2. The molecule has 6 rings (SSSR count). The molecule has 0 aromatic heterocycles. The topological polar surface area (TPSA) is 207 Å². The number of hydrogen-bond donors (Lipinski definition) is 6. The van der Waals surface area contributed by atoms with Crippen LogP contribution in [0.2, 0.25) is 0 Å². The second-order valence-corrected chi connectivity index (χ2v) is 19.1. The molecule has 348 valence electrons. The van der Waals surface area contributed by atoms with Crippen LogP contribution in [0.15, 0.2) is 88.8 Å². The number of fused-ring (bicyclic) bond motifs is 7. The summed E-state index contributed by atoms with van der Waals surface area (Å²) in [5.74, 6) is -0.262. The molecule has 64 heavy (non-hydrogen) atoms. The molecule has 5 aliphatic rings. The molecule has 2 saturated carbocycles. The molecule has 2 amide bonds. The van der Waals surface area contributed by atoms with Gasteiger partial charge in [-0.2, -0.15) is 0 Å². The maximum Gasteiger partial charge on any atom is 0.405 e. The largest absolute Gasteiger partial charge is 0.508 e. The molecule has 0 radical (unpaired) electrons. The first-order chi connectivity index (χ1) is 30.5. The van der Waals surface area contributed by atoms with Crippen molar-refractivity contribution < 1.29 is 48.7 Å². The van der Waals surface area contributed by atoms with E-state index in [-0.39, 0.29) is 58.9 Å². The van der Waals surface area contributed by atoms with Gasteiger partial charge in [0, 0.05) is 43.9 Å². The second kappa shape index (κ2) is 21.0. The highest BCUT2D eigenvalue weighted by molar-refractivity contribution is 6.23. The van der Waals surface area contributed by atoms with Crippen LogP contribution in [0, 0.1) is 35.0 Å². The summed E-state index contributed by atoms with van der Waals surface area (Å²) < 4.78 is 16.8. The van der Waals surface area contributed by atoms with Gasteiger partial charge in [-0.25, -0.2) is 4.79 Å². The van der Waals surface area contributed by atoms with Gasteiger partial charge in [-0.05, 0) is 135 Å². The Bertz CT molecular complexity index is 2120. The number of nitrogens with two attached hydrogens (primary N) is 1. The van der Waals surface area contributed by atoms with Crippen molar-refractivity contribution in [2.45, 2.75) is 129 Å². The van der Waals surface area contributed by atoms with E-state index in [0.29, 0.717) is 35.5 Å². The van der Waals surface area contributed by atoms with Gasteiger partial charge in [0.1, 0.15) is 11.9 Å². The highest BCUT2D eigenvalue weighted by Gasteiger charge is 2.57. The van der Waals surface area contributed by atoms with E-state index in [1.54, 1.807) is 32.1 Å². The van der Waals surface area contributed by atoms with Gasteiger partial charge in [-0.3, -0.25) is 14.4 Å².